The van der Waals surface area contributed by atoms with Crippen LogP contribution in [0.1, 0.15) is 29.9 Å². The minimum absolute atomic E-state index is 0.0165. The highest BCUT2D eigenvalue weighted by atomic mass is 16.6. The molecular weight excluding hydrogens is 462 g/mol. The molecule has 5 rings (SSSR count). The number of carbonyl (C=O) groups is 2. The van der Waals surface area contributed by atoms with Gasteiger partial charge in [0.2, 0.25) is 0 Å². The molecule has 9 heteroatoms. The van der Waals surface area contributed by atoms with Gasteiger partial charge in [-0.25, -0.2) is 9.59 Å². The van der Waals surface area contributed by atoms with Crippen LogP contribution in [0, 0.1) is 10.1 Å². The van der Waals surface area contributed by atoms with Crippen molar-refractivity contribution in [3.8, 4) is 16.9 Å². The van der Waals surface area contributed by atoms with Crippen molar-refractivity contribution in [3.63, 3.8) is 0 Å². The van der Waals surface area contributed by atoms with Crippen LogP contribution in [0.2, 0.25) is 0 Å². The van der Waals surface area contributed by atoms with Crippen molar-refractivity contribution >= 4 is 17.9 Å². The molecule has 184 valence electrons. The molecule has 0 bridgehead atoms. The summed E-state index contributed by atoms with van der Waals surface area (Å²) in [5.74, 6) is 0.176. The van der Waals surface area contributed by atoms with Crippen LogP contribution in [-0.2, 0) is 4.74 Å². The van der Waals surface area contributed by atoms with Gasteiger partial charge in [0.1, 0.15) is 12.4 Å². The zero-order valence-electron chi connectivity index (χ0n) is 19.5. The van der Waals surface area contributed by atoms with Crippen molar-refractivity contribution in [2.24, 2.45) is 0 Å². The van der Waals surface area contributed by atoms with Crippen LogP contribution in [0.15, 0.2) is 72.8 Å². The number of nitrogens with one attached hydrogen (secondary N) is 1. The Morgan fingerprint density at radius 3 is 2.25 bits per heavy atom. The maximum absolute atomic E-state index is 13.0. The summed E-state index contributed by atoms with van der Waals surface area (Å²) in [6, 6.07) is 21.4. The summed E-state index contributed by atoms with van der Waals surface area (Å²) in [5.41, 5.74) is 4.56. The molecule has 2 aliphatic rings. The van der Waals surface area contributed by atoms with Crippen LogP contribution in [0.25, 0.3) is 11.1 Å². The van der Waals surface area contributed by atoms with Crippen LogP contribution < -0.4 is 10.1 Å². The van der Waals surface area contributed by atoms with Gasteiger partial charge in [0.25, 0.3) is 5.69 Å². The second-order valence-corrected chi connectivity index (χ2v) is 8.81. The van der Waals surface area contributed by atoms with E-state index in [9.17, 15) is 19.7 Å². The van der Waals surface area contributed by atoms with Gasteiger partial charge < -0.3 is 19.7 Å². The van der Waals surface area contributed by atoms with Gasteiger partial charge in [-0.1, -0.05) is 48.5 Å². The van der Waals surface area contributed by atoms with Crippen LogP contribution >= 0.6 is 0 Å². The summed E-state index contributed by atoms with van der Waals surface area (Å²) < 4.78 is 11.0. The molecule has 9 nitrogen and oxygen atoms in total. The van der Waals surface area contributed by atoms with Crippen molar-refractivity contribution in [2.75, 3.05) is 19.7 Å². The molecule has 1 heterocycles. The number of likely N-dealkylation sites (tertiary alicyclic amines) is 1. The Kier molecular flexibility index (Phi) is 6.53. The average Bonchev–Trinajstić information content (AvgIpc) is 3.49. The minimum atomic E-state index is -0.691. The summed E-state index contributed by atoms with van der Waals surface area (Å²) in [6.45, 7) is 1.02. The molecule has 1 atom stereocenters. The fourth-order valence-electron chi connectivity index (χ4n) is 4.95. The fraction of sp³-hybridized carbons (Fsp3) is 0.259. The predicted octanol–water partition coefficient (Wildman–Crippen LogP) is 5.10. The van der Waals surface area contributed by atoms with Gasteiger partial charge in [0, 0.05) is 31.1 Å². The normalized spacial score (nSPS) is 16.2. The largest absolute Gasteiger partial charge is 0.448 e. The zero-order chi connectivity index (χ0) is 25.1. The van der Waals surface area contributed by atoms with E-state index in [0.29, 0.717) is 6.54 Å². The first-order chi connectivity index (χ1) is 17.5. The number of benzene rings is 3. The number of nitrogens with zero attached hydrogens (tertiary/aromatic N) is 2. The third-order valence-electron chi connectivity index (χ3n) is 6.69. The minimum Gasteiger partial charge on any atom is -0.448 e. The van der Waals surface area contributed by atoms with Gasteiger partial charge in [-0.3, -0.25) is 10.1 Å². The lowest BCUT2D eigenvalue weighted by Crippen LogP contribution is -2.44. The van der Waals surface area contributed by atoms with Gasteiger partial charge in [-0.05, 0) is 47.2 Å². The monoisotopic (exact) mass is 487 g/mol. The Hall–Kier alpha value is -4.40. The van der Waals surface area contributed by atoms with Crippen LogP contribution in [0.5, 0.6) is 5.75 Å². The van der Waals surface area contributed by atoms with Crippen LogP contribution in [0.4, 0.5) is 15.3 Å². The number of rotatable bonds is 6. The van der Waals surface area contributed by atoms with E-state index in [0.717, 1.165) is 24.0 Å². The average molecular weight is 488 g/mol. The first kappa shape index (κ1) is 23.3. The summed E-state index contributed by atoms with van der Waals surface area (Å²) in [5, 5.41) is 13.4. The van der Waals surface area contributed by atoms with E-state index in [-0.39, 0.29) is 36.5 Å². The molecular formula is C27H25N3O6. The lowest BCUT2D eigenvalue weighted by Gasteiger charge is -2.25. The van der Waals surface area contributed by atoms with Gasteiger partial charge in [0.05, 0.1) is 11.0 Å². The van der Waals surface area contributed by atoms with E-state index in [4.69, 9.17) is 9.47 Å². The highest BCUT2D eigenvalue weighted by Crippen LogP contribution is 2.44. The van der Waals surface area contributed by atoms with Crippen molar-refractivity contribution in [1.82, 2.24) is 10.2 Å². The van der Waals surface area contributed by atoms with E-state index in [1.165, 1.54) is 35.4 Å². The molecule has 1 aliphatic carbocycles. The highest BCUT2D eigenvalue weighted by molar-refractivity contribution is 5.79. The SMILES string of the molecule is O=C(NC[C@@H]1CCCN1C(=O)OCC1c2ccccc2-c2ccccc21)Oc1ccc([N+](=O)[O-])cc1. The van der Waals surface area contributed by atoms with Crippen molar-refractivity contribution in [3.05, 3.63) is 94.0 Å². The number of amides is 2. The van der Waals surface area contributed by atoms with Crippen LogP contribution in [0.3, 0.4) is 0 Å². The molecule has 1 aliphatic heterocycles. The number of carbonyl (C=O) groups excluding carboxylic acids is 2. The molecule has 0 unspecified atom stereocenters. The van der Waals surface area contributed by atoms with Gasteiger partial charge >= 0.3 is 12.2 Å². The number of nitro groups is 1. The predicted molar refractivity (Wildman–Crippen MR) is 132 cm³/mol. The molecule has 2 amide bonds. The Morgan fingerprint density at radius 2 is 1.61 bits per heavy atom. The van der Waals surface area contributed by atoms with E-state index >= 15 is 0 Å². The molecule has 0 saturated carbocycles. The highest BCUT2D eigenvalue weighted by Gasteiger charge is 2.33. The number of hydrogen-bond donors (Lipinski definition) is 1. The number of nitro benzene ring substituents is 1. The van der Waals surface area contributed by atoms with E-state index in [1.807, 2.05) is 24.3 Å². The quantitative estimate of drug-likeness (QED) is 0.383. The Morgan fingerprint density at radius 1 is 0.972 bits per heavy atom. The summed E-state index contributed by atoms with van der Waals surface area (Å²) in [6.07, 6.45) is 0.462. The number of fused-ring (bicyclic) bond motifs is 3. The molecule has 1 N–H and O–H groups in total. The van der Waals surface area contributed by atoms with Gasteiger partial charge in [0.15, 0.2) is 0 Å². The third-order valence-corrected chi connectivity index (χ3v) is 6.69. The lowest BCUT2D eigenvalue weighted by molar-refractivity contribution is -0.384. The summed E-state index contributed by atoms with van der Waals surface area (Å²) >= 11 is 0. The van der Waals surface area contributed by atoms with Crippen molar-refractivity contribution in [1.29, 1.82) is 0 Å². The first-order valence-electron chi connectivity index (χ1n) is 11.8. The third kappa shape index (κ3) is 4.72. The Balaban J connectivity index is 1.15. The number of non-ortho nitro benzene ring substituents is 1. The first-order valence-corrected chi connectivity index (χ1v) is 11.8. The Labute approximate surface area is 207 Å². The molecule has 0 spiro atoms. The standard InChI is InChI=1S/C27H25N3O6/c31-26(36-20-13-11-18(12-14-20)30(33)34)28-16-19-6-5-15-29(19)27(32)35-17-25-23-9-3-1-7-21(23)22-8-2-4-10-24(22)25/h1-4,7-14,19,25H,5-6,15-17H2,(H,28,31)/t19-/m0/s1. The molecule has 36 heavy (non-hydrogen) atoms. The number of ether oxygens (including phenoxy) is 2. The molecule has 3 aromatic carbocycles. The maximum atomic E-state index is 13.0. The second kappa shape index (κ2) is 10.1. The van der Waals surface area contributed by atoms with E-state index in [2.05, 4.69) is 29.6 Å². The number of hydrogen-bond acceptors (Lipinski definition) is 6. The molecule has 0 radical (unpaired) electrons. The molecule has 3 aromatic rings. The van der Waals surface area contributed by atoms with Crippen LogP contribution in [-0.4, -0.2) is 47.7 Å². The summed E-state index contributed by atoms with van der Waals surface area (Å²) in [4.78, 5) is 37.0. The zero-order valence-corrected chi connectivity index (χ0v) is 19.5. The summed E-state index contributed by atoms with van der Waals surface area (Å²) in [7, 11) is 0. The van der Waals surface area contributed by atoms with E-state index in [1.54, 1.807) is 4.90 Å². The maximum Gasteiger partial charge on any atom is 0.412 e. The Bertz CT molecular complexity index is 1250. The van der Waals surface area contributed by atoms with Crippen molar-refractivity contribution < 1.29 is 24.0 Å². The lowest BCUT2D eigenvalue weighted by atomic mass is 9.98. The van der Waals surface area contributed by atoms with Crippen molar-refractivity contribution in [2.45, 2.75) is 24.8 Å². The molecule has 1 saturated heterocycles. The second-order valence-electron chi connectivity index (χ2n) is 8.81. The molecule has 1 fully saturated rings. The smallest absolute Gasteiger partial charge is 0.412 e. The van der Waals surface area contributed by atoms with E-state index < -0.39 is 17.1 Å². The van der Waals surface area contributed by atoms with Gasteiger partial charge in [-0.15, -0.1) is 0 Å². The van der Waals surface area contributed by atoms with Gasteiger partial charge in [-0.2, -0.15) is 0 Å². The topological polar surface area (TPSA) is 111 Å². The molecule has 0 aromatic heterocycles. The fourth-order valence-corrected chi connectivity index (χ4v) is 4.95.